The molecule has 12 nitrogen and oxygen atoms in total. The monoisotopic (exact) mass is 403 g/mol. The van der Waals surface area contributed by atoms with E-state index in [-0.39, 0.29) is 24.2 Å². The molecule has 0 aromatic carbocycles. The van der Waals surface area contributed by atoms with Crippen molar-refractivity contribution in [3.8, 4) is 6.07 Å². The van der Waals surface area contributed by atoms with Crippen LogP contribution in [0.4, 0.5) is 15.4 Å². The summed E-state index contributed by atoms with van der Waals surface area (Å²) in [5, 5.41) is 14.1. The zero-order valence-corrected chi connectivity index (χ0v) is 15.5. The molecule has 4 atom stereocenters. The molecular formula is C17H17N5O7. The summed E-state index contributed by atoms with van der Waals surface area (Å²) in [4.78, 5) is 27.4. The molecule has 0 unspecified atom stereocenters. The van der Waals surface area contributed by atoms with Gasteiger partial charge in [0.2, 0.25) is 5.60 Å². The summed E-state index contributed by atoms with van der Waals surface area (Å²) in [5.74, 6) is 0.199. The summed E-state index contributed by atoms with van der Waals surface area (Å²) in [6.45, 7) is 3.02. The van der Waals surface area contributed by atoms with Crippen LogP contribution < -0.4 is 5.73 Å². The van der Waals surface area contributed by atoms with Gasteiger partial charge in [-0.3, -0.25) is 0 Å². The average Bonchev–Trinajstić information content (AvgIpc) is 3.33. The predicted molar refractivity (Wildman–Crippen MR) is 92.3 cm³/mol. The van der Waals surface area contributed by atoms with E-state index in [1.807, 2.05) is 0 Å². The Morgan fingerprint density at radius 2 is 2.24 bits per heavy atom. The molecule has 2 N–H and O–H groups in total. The van der Waals surface area contributed by atoms with Gasteiger partial charge in [-0.05, 0) is 26.0 Å². The smallest absolute Gasteiger partial charge is 0.432 e. The summed E-state index contributed by atoms with van der Waals surface area (Å²) in [6, 6.07) is 5.25. The third kappa shape index (κ3) is 2.95. The molecule has 152 valence electrons. The van der Waals surface area contributed by atoms with Crippen LogP contribution in [0.5, 0.6) is 0 Å². The standard InChI is InChI=1S/C17H17N5O7/c1-8(2)26-15(23)25-5-10-12-13(28-16(24)27-12)17(6-18,29-10)11-4-3-9-14(19)20-7-21-22(9)11/h3-4,7-8,10,12-13H,5H2,1-2H3,(H2,19,20,21)/t10-,12-,13-,17+/m1/s1. The van der Waals surface area contributed by atoms with Crippen LogP contribution in [-0.4, -0.2) is 57.9 Å². The zero-order chi connectivity index (χ0) is 20.8. The molecule has 0 amide bonds. The lowest BCUT2D eigenvalue weighted by Gasteiger charge is -2.24. The highest BCUT2D eigenvalue weighted by atomic mass is 16.8. The van der Waals surface area contributed by atoms with Crippen molar-refractivity contribution in [2.45, 2.75) is 43.9 Å². The molecule has 0 radical (unpaired) electrons. The molecule has 0 spiro atoms. The number of hydrogen-bond donors (Lipinski definition) is 1. The van der Waals surface area contributed by atoms with Gasteiger partial charge in [0.15, 0.2) is 18.0 Å². The lowest BCUT2D eigenvalue weighted by atomic mass is 9.92. The number of carbonyl (C=O) groups excluding carboxylic acids is 2. The van der Waals surface area contributed by atoms with Crippen LogP contribution in [0, 0.1) is 11.3 Å². The number of rotatable bonds is 4. The van der Waals surface area contributed by atoms with Crippen LogP contribution in [0.2, 0.25) is 0 Å². The molecule has 2 aliphatic rings. The second-order valence-corrected chi connectivity index (χ2v) is 6.76. The zero-order valence-electron chi connectivity index (χ0n) is 15.5. The summed E-state index contributed by atoms with van der Waals surface area (Å²) in [5.41, 5.74) is 4.80. The van der Waals surface area contributed by atoms with Crippen LogP contribution >= 0.6 is 0 Å². The van der Waals surface area contributed by atoms with E-state index in [9.17, 15) is 14.9 Å². The molecule has 2 aromatic rings. The molecule has 4 heterocycles. The Morgan fingerprint density at radius 1 is 1.45 bits per heavy atom. The van der Waals surface area contributed by atoms with Crippen molar-refractivity contribution in [2.24, 2.45) is 0 Å². The third-order valence-electron chi connectivity index (χ3n) is 4.58. The number of anilines is 1. The molecular weight excluding hydrogens is 386 g/mol. The van der Waals surface area contributed by atoms with E-state index < -0.39 is 36.2 Å². The number of nitrogens with two attached hydrogens (primary N) is 1. The van der Waals surface area contributed by atoms with Crippen LogP contribution in [0.1, 0.15) is 19.5 Å². The fraction of sp³-hybridized carbons (Fsp3) is 0.471. The SMILES string of the molecule is CC(C)OC(=O)OC[C@H]1O[C@@](C#N)(c2ccc3c(N)ncnn23)[C@@H]2OC(=O)O[C@@H]21. The highest BCUT2D eigenvalue weighted by molar-refractivity contribution is 5.67. The molecule has 2 aliphatic heterocycles. The predicted octanol–water partition coefficient (Wildman–Crippen LogP) is 0.895. The van der Waals surface area contributed by atoms with Crippen molar-refractivity contribution in [3.63, 3.8) is 0 Å². The second-order valence-electron chi connectivity index (χ2n) is 6.76. The van der Waals surface area contributed by atoms with Gasteiger partial charge in [0.05, 0.1) is 11.8 Å². The van der Waals surface area contributed by atoms with Gasteiger partial charge < -0.3 is 29.4 Å². The van der Waals surface area contributed by atoms with Crippen molar-refractivity contribution >= 4 is 23.6 Å². The summed E-state index contributed by atoms with van der Waals surface area (Å²) < 4.78 is 27.7. The van der Waals surface area contributed by atoms with E-state index in [0.717, 1.165) is 0 Å². The number of nitriles is 1. The highest BCUT2D eigenvalue weighted by Crippen LogP contribution is 2.46. The quantitative estimate of drug-likeness (QED) is 0.722. The van der Waals surface area contributed by atoms with E-state index in [4.69, 9.17) is 29.4 Å². The third-order valence-corrected chi connectivity index (χ3v) is 4.58. The largest absolute Gasteiger partial charge is 0.509 e. The minimum atomic E-state index is -1.76. The molecule has 4 rings (SSSR count). The number of nitrogens with zero attached hydrogens (tertiary/aromatic N) is 4. The first-order chi connectivity index (χ1) is 13.9. The molecule has 0 saturated carbocycles. The van der Waals surface area contributed by atoms with E-state index in [1.165, 1.54) is 10.8 Å². The Kier molecular flexibility index (Phi) is 4.39. The molecule has 12 heteroatoms. The maximum atomic E-state index is 11.8. The highest BCUT2D eigenvalue weighted by Gasteiger charge is 2.65. The molecule has 2 saturated heterocycles. The number of hydrogen-bond acceptors (Lipinski definition) is 11. The fourth-order valence-corrected chi connectivity index (χ4v) is 3.42. The minimum Gasteiger partial charge on any atom is -0.432 e. The van der Waals surface area contributed by atoms with Gasteiger partial charge >= 0.3 is 12.3 Å². The number of ether oxygens (including phenoxy) is 5. The summed E-state index contributed by atoms with van der Waals surface area (Å²) >= 11 is 0. The van der Waals surface area contributed by atoms with Gasteiger partial charge in [0.1, 0.15) is 30.6 Å². The summed E-state index contributed by atoms with van der Waals surface area (Å²) in [6.07, 6.45) is -4.05. The van der Waals surface area contributed by atoms with Crippen LogP contribution in [0.25, 0.3) is 5.52 Å². The van der Waals surface area contributed by atoms with E-state index in [1.54, 1.807) is 26.0 Å². The Morgan fingerprint density at radius 3 is 2.97 bits per heavy atom. The maximum absolute atomic E-state index is 11.8. The van der Waals surface area contributed by atoms with Gasteiger partial charge in [0, 0.05) is 0 Å². The number of carbonyl (C=O) groups is 2. The maximum Gasteiger partial charge on any atom is 0.509 e. The van der Waals surface area contributed by atoms with E-state index >= 15 is 0 Å². The van der Waals surface area contributed by atoms with Gasteiger partial charge in [-0.2, -0.15) is 10.4 Å². The van der Waals surface area contributed by atoms with Gasteiger partial charge in [-0.25, -0.2) is 19.1 Å². The lowest BCUT2D eigenvalue weighted by Crippen LogP contribution is -2.39. The lowest BCUT2D eigenvalue weighted by molar-refractivity contribution is -0.0890. The Balaban J connectivity index is 1.68. The number of aromatic nitrogens is 3. The first-order valence-electron chi connectivity index (χ1n) is 8.74. The van der Waals surface area contributed by atoms with Gasteiger partial charge in [-0.15, -0.1) is 0 Å². The molecule has 0 bridgehead atoms. The van der Waals surface area contributed by atoms with Crippen LogP contribution in [0.15, 0.2) is 18.5 Å². The minimum absolute atomic E-state index is 0.199. The first kappa shape index (κ1) is 18.8. The second kappa shape index (κ2) is 6.78. The van der Waals surface area contributed by atoms with Crippen LogP contribution in [0.3, 0.4) is 0 Å². The number of fused-ring (bicyclic) bond motifs is 2. The van der Waals surface area contributed by atoms with Crippen molar-refractivity contribution in [2.75, 3.05) is 12.3 Å². The average molecular weight is 403 g/mol. The van der Waals surface area contributed by atoms with Crippen molar-refractivity contribution < 1.29 is 33.3 Å². The van der Waals surface area contributed by atoms with E-state index in [0.29, 0.717) is 5.52 Å². The topological polar surface area (TPSA) is 160 Å². The van der Waals surface area contributed by atoms with E-state index in [2.05, 4.69) is 16.2 Å². The molecule has 29 heavy (non-hydrogen) atoms. The fourth-order valence-electron chi connectivity index (χ4n) is 3.42. The normalized spacial score (nSPS) is 27.9. The van der Waals surface area contributed by atoms with Crippen molar-refractivity contribution in [3.05, 3.63) is 24.2 Å². The molecule has 2 fully saturated rings. The van der Waals surface area contributed by atoms with Gasteiger partial charge in [0.25, 0.3) is 0 Å². The van der Waals surface area contributed by atoms with Crippen molar-refractivity contribution in [1.82, 2.24) is 14.6 Å². The van der Waals surface area contributed by atoms with Crippen LogP contribution in [-0.2, 0) is 29.3 Å². The Bertz CT molecular complexity index is 1020. The van der Waals surface area contributed by atoms with Gasteiger partial charge in [-0.1, -0.05) is 0 Å². The molecule has 2 aromatic heterocycles. The molecule has 0 aliphatic carbocycles. The number of nitrogen functional groups attached to an aromatic ring is 1. The first-order valence-corrected chi connectivity index (χ1v) is 8.74. The Hall–Kier alpha value is -3.59. The summed E-state index contributed by atoms with van der Waals surface area (Å²) in [7, 11) is 0. The Labute approximate surface area is 164 Å². The van der Waals surface area contributed by atoms with Crippen molar-refractivity contribution in [1.29, 1.82) is 5.26 Å².